The van der Waals surface area contributed by atoms with Gasteiger partial charge in [0.2, 0.25) is 5.91 Å². The lowest BCUT2D eigenvalue weighted by molar-refractivity contribution is -0.150. The lowest BCUT2D eigenvalue weighted by atomic mass is 9.97. The first-order valence-electron chi connectivity index (χ1n) is 11.6. The van der Waals surface area contributed by atoms with Crippen LogP contribution in [0.3, 0.4) is 0 Å². The van der Waals surface area contributed by atoms with Crippen molar-refractivity contribution in [2.75, 3.05) is 11.8 Å². The number of nitrogens with one attached hydrogen (secondary N) is 2. The molecule has 0 saturated carbocycles. The number of hydrogen-bond donors (Lipinski definition) is 3. The Bertz CT molecular complexity index is 1540. The lowest BCUT2D eigenvalue weighted by Gasteiger charge is -2.21. The molecule has 0 fully saturated rings. The number of carbonyl (C=O) groups excluding carboxylic acids is 2. The van der Waals surface area contributed by atoms with Gasteiger partial charge in [-0.25, -0.2) is 4.98 Å². The van der Waals surface area contributed by atoms with Gasteiger partial charge in [0.05, 0.1) is 33.7 Å². The highest BCUT2D eigenvalue weighted by atomic mass is 35.5. The highest BCUT2D eigenvalue weighted by Crippen LogP contribution is 2.34. The van der Waals surface area contributed by atoms with E-state index in [1.54, 1.807) is 18.2 Å². The number of nitrogens with zero attached hydrogens (tertiary/aromatic N) is 1. The molecule has 0 aliphatic carbocycles. The van der Waals surface area contributed by atoms with Gasteiger partial charge in [-0.3, -0.25) is 18.9 Å². The van der Waals surface area contributed by atoms with E-state index in [0.29, 0.717) is 21.5 Å². The summed E-state index contributed by atoms with van der Waals surface area (Å²) in [5.74, 6) is -2.23. The topological polar surface area (TPSA) is 135 Å². The van der Waals surface area contributed by atoms with Crippen LogP contribution in [0.1, 0.15) is 22.2 Å². The van der Waals surface area contributed by atoms with Gasteiger partial charge in [-0.15, -0.1) is 22.7 Å². The van der Waals surface area contributed by atoms with Gasteiger partial charge in [0.15, 0.2) is 0 Å². The quantitative estimate of drug-likeness (QED) is 0.122. The molecule has 4 aromatic rings. The van der Waals surface area contributed by atoms with Crippen LogP contribution in [0, 0.1) is 5.92 Å². The minimum Gasteiger partial charge on any atom is -0.468 e. The number of carbonyl (C=O) groups is 2. The van der Waals surface area contributed by atoms with E-state index in [2.05, 4.69) is 5.32 Å². The van der Waals surface area contributed by atoms with Gasteiger partial charge in [-0.1, -0.05) is 54.1 Å². The molecule has 9 nitrogen and oxygen atoms in total. The third kappa shape index (κ3) is 8.10. The molecule has 4 rings (SSSR count). The van der Waals surface area contributed by atoms with Gasteiger partial charge in [0.25, 0.3) is 0 Å². The van der Waals surface area contributed by atoms with Gasteiger partial charge in [0, 0.05) is 5.38 Å². The summed E-state index contributed by atoms with van der Waals surface area (Å²) in [6.45, 7) is 0. The van der Waals surface area contributed by atoms with Gasteiger partial charge in [-0.05, 0) is 48.2 Å². The van der Waals surface area contributed by atoms with E-state index in [1.165, 1.54) is 41.9 Å². The molecule has 0 spiro atoms. The van der Waals surface area contributed by atoms with Gasteiger partial charge >= 0.3 is 16.3 Å². The largest absolute Gasteiger partial charge is 0.468 e. The summed E-state index contributed by atoms with van der Waals surface area (Å²) in [5, 5.41) is 5.46. The van der Waals surface area contributed by atoms with E-state index in [-0.39, 0.29) is 12.1 Å². The minimum absolute atomic E-state index is 0.166. The predicted octanol–water partition coefficient (Wildman–Crippen LogP) is 5.17. The highest BCUT2D eigenvalue weighted by molar-refractivity contribution is 7.87. The van der Waals surface area contributed by atoms with E-state index >= 15 is 0 Å². The smallest absolute Gasteiger partial charge is 0.357 e. The van der Waals surface area contributed by atoms with Crippen LogP contribution in [0.25, 0.3) is 10.6 Å². The van der Waals surface area contributed by atoms with Gasteiger partial charge in [0.1, 0.15) is 10.9 Å². The maximum absolute atomic E-state index is 13.5. The average Bonchev–Trinajstić information content (AvgIpc) is 3.56. The van der Waals surface area contributed by atoms with Crippen LogP contribution in [-0.2, 0) is 37.5 Å². The maximum atomic E-state index is 13.5. The Morgan fingerprint density at radius 2 is 1.72 bits per heavy atom. The first kappa shape index (κ1) is 28.7. The summed E-state index contributed by atoms with van der Waals surface area (Å²) in [4.78, 5) is 31.7. The molecule has 39 heavy (non-hydrogen) atoms. The molecule has 204 valence electrons. The van der Waals surface area contributed by atoms with Crippen molar-refractivity contribution in [3.05, 3.63) is 92.6 Å². The third-order valence-corrected chi connectivity index (χ3v) is 8.39. The van der Waals surface area contributed by atoms with Crippen LogP contribution >= 0.6 is 34.3 Å². The van der Waals surface area contributed by atoms with E-state index in [1.807, 2.05) is 46.5 Å². The van der Waals surface area contributed by atoms with Crippen LogP contribution in [0.15, 0.2) is 72.1 Å². The Morgan fingerprint density at radius 1 is 1.03 bits per heavy atom. The molecule has 0 saturated heterocycles. The van der Waals surface area contributed by atoms with E-state index in [9.17, 15) is 18.0 Å². The first-order chi connectivity index (χ1) is 18.6. The van der Waals surface area contributed by atoms with Crippen molar-refractivity contribution in [1.82, 2.24) is 10.3 Å². The molecule has 2 aromatic carbocycles. The second-order valence-electron chi connectivity index (χ2n) is 8.48. The number of methoxy groups -OCH3 is 1. The van der Waals surface area contributed by atoms with Crippen molar-refractivity contribution in [2.24, 2.45) is 5.92 Å². The Kier molecular flexibility index (Phi) is 9.36. The summed E-state index contributed by atoms with van der Waals surface area (Å²) in [7, 11) is -3.16. The molecule has 2 heterocycles. The molecular weight excluding hydrogens is 582 g/mol. The Hall–Kier alpha value is -3.29. The van der Waals surface area contributed by atoms with Crippen molar-refractivity contribution < 1.29 is 27.3 Å². The van der Waals surface area contributed by atoms with E-state index in [4.69, 9.17) is 25.9 Å². The van der Waals surface area contributed by atoms with Gasteiger partial charge in [-0.2, -0.15) is 8.42 Å². The molecule has 2 atom stereocenters. The monoisotopic (exact) mass is 605 g/mol. The second kappa shape index (κ2) is 12.7. The second-order valence-corrected chi connectivity index (χ2v) is 12.2. The molecule has 0 aliphatic heterocycles. The van der Waals surface area contributed by atoms with Crippen LogP contribution in [0.5, 0.6) is 0 Å². The average molecular weight is 606 g/mol. The van der Waals surface area contributed by atoms with Crippen LogP contribution in [0.4, 0.5) is 5.69 Å². The highest BCUT2D eigenvalue weighted by Gasteiger charge is 2.31. The van der Waals surface area contributed by atoms with E-state index in [0.717, 1.165) is 16.0 Å². The number of halogens is 1. The Morgan fingerprint density at radius 3 is 2.33 bits per heavy atom. The number of thiophene rings is 1. The predicted molar refractivity (Wildman–Crippen MR) is 152 cm³/mol. The number of anilines is 1. The fourth-order valence-corrected chi connectivity index (χ4v) is 6.24. The molecule has 0 bridgehead atoms. The molecule has 3 N–H and O–H groups in total. The summed E-state index contributed by atoms with van der Waals surface area (Å²) in [5.41, 5.74) is 2.47. The van der Waals surface area contributed by atoms with Crippen molar-refractivity contribution in [2.45, 2.75) is 18.9 Å². The number of ether oxygens (including phenoxy) is 1. The molecule has 2 aromatic heterocycles. The zero-order valence-corrected chi connectivity index (χ0v) is 23.7. The van der Waals surface area contributed by atoms with Crippen molar-refractivity contribution in [3.63, 3.8) is 0 Å². The van der Waals surface area contributed by atoms with Gasteiger partial charge < -0.3 is 10.1 Å². The normalized spacial score (nSPS) is 12.9. The molecular formula is C26H24ClN3O6S3. The molecule has 0 aliphatic rings. The van der Waals surface area contributed by atoms with E-state index < -0.39 is 34.1 Å². The molecule has 1 amide bonds. The summed E-state index contributed by atoms with van der Waals surface area (Å²) in [6.07, 6.45) is 0.466. The van der Waals surface area contributed by atoms with Crippen molar-refractivity contribution >= 4 is 62.1 Å². The first-order valence-corrected chi connectivity index (χ1v) is 15.1. The molecule has 13 heteroatoms. The zero-order valence-electron chi connectivity index (χ0n) is 20.5. The summed E-state index contributed by atoms with van der Waals surface area (Å²) in [6, 6.07) is 18.6. The summed E-state index contributed by atoms with van der Waals surface area (Å²) < 4.78 is 38.8. The van der Waals surface area contributed by atoms with Crippen LogP contribution in [-0.4, -0.2) is 36.9 Å². The van der Waals surface area contributed by atoms with Crippen molar-refractivity contribution in [1.29, 1.82) is 0 Å². The number of esters is 1. The maximum Gasteiger partial charge on any atom is 0.357 e. The molecule has 0 radical (unpaired) electrons. The van der Waals surface area contributed by atoms with Crippen LogP contribution in [0.2, 0.25) is 4.34 Å². The number of thiazole rings is 1. The Balaban J connectivity index is 1.61. The van der Waals surface area contributed by atoms with Crippen molar-refractivity contribution in [3.8, 4) is 10.6 Å². The summed E-state index contributed by atoms with van der Waals surface area (Å²) >= 11 is 8.84. The lowest BCUT2D eigenvalue weighted by Crippen LogP contribution is -2.40. The number of benzene rings is 2. The number of amides is 1. The fraction of sp³-hybridized carbons (Fsp3) is 0.192. The SMILES string of the molecule is COC(=O)[C@@H](Cc1ccccc1)C(=O)N[C@@H](Cc1ccc(NS(=O)(=O)O)cc1)c1nc(-c2ccc(Cl)s2)cs1. The zero-order chi connectivity index (χ0) is 28.0. The standard InChI is InChI=1S/C26H24ClN3O6S3/c1-36-26(32)19(13-16-5-3-2-4-6-16)24(31)28-20(14-17-7-9-18(10-8-17)30-39(33,34)35)25-29-21(15-37-25)22-11-12-23(27)38-22/h2-12,15,19-20,30H,13-14H2,1H3,(H,28,31)(H,33,34,35)/t19-,20-/m0/s1. The number of rotatable bonds is 11. The number of aromatic nitrogens is 1. The molecule has 0 unspecified atom stereocenters. The fourth-order valence-electron chi connectivity index (χ4n) is 3.85. The minimum atomic E-state index is -4.41. The number of hydrogen-bond acceptors (Lipinski definition) is 8. The Labute approximate surface area is 238 Å². The third-order valence-electron chi connectivity index (χ3n) is 5.69. The van der Waals surface area contributed by atoms with Crippen LogP contribution < -0.4 is 10.0 Å².